The molecular formula is C28H32FN3O4. The monoisotopic (exact) mass is 493 g/mol. The zero-order chi connectivity index (χ0) is 25.5. The van der Waals surface area contributed by atoms with Crippen LogP contribution in [0.5, 0.6) is 0 Å². The molecule has 190 valence electrons. The van der Waals surface area contributed by atoms with Crippen molar-refractivity contribution >= 4 is 11.9 Å². The second kappa shape index (κ2) is 11.9. The summed E-state index contributed by atoms with van der Waals surface area (Å²) in [6.45, 7) is 5.87. The van der Waals surface area contributed by atoms with E-state index in [1.54, 1.807) is 17.9 Å². The molecule has 2 atom stereocenters. The van der Waals surface area contributed by atoms with Gasteiger partial charge in [0.05, 0.1) is 19.1 Å². The van der Waals surface area contributed by atoms with Gasteiger partial charge in [0.25, 0.3) is 5.91 Å². The van der Waals surface area contributed by atoms with Crippen LogP contribution in [0.25, 0.3) is 0 Å². The van der Waals surface area contributed by atoms with Crippen molar-refractivity contribution in [2.75, 3.05) is 19.7 Å². The number of aromatic nitrogens is 1. The fraction of sp³-hybridized carbons (Fsp3) is 0.393. The first-order chi connectivity index (χ1) is 17.4. The molecule has 1 aromatic heterocycles. The van der Waals surface area contributed by atoms with Gasteiger partial charge in [0, 0.05) is 25.7 Å². The van der Waals surface area contributed by atoms with Crippen LogP contribution in [0.3, 0.4) is 0 Å². The Hall–Kier alpha value is -3.52. The van der Waals surface area contributed by atoms with Crippen molar-refractivity contribution in [2.45, 2.75) is 45.8 Å². The Bertz CT molecular complexity index is 1170. The number of ether oxygens (including phenoxy) is 1. The molecule has 1 amide bonds. The van der Waals surface area contributed by atoms with Crippen LogP contribution in [0.1, 0.15) is 60.2 Å². The topological polar surface area (TPSA) is 75.9 Å². The lowest BCUT2D eigenvalue weighted by molar-refractivity contribution is -0.149. The molecule has 1 saturated heterocycles. The molecule has 3 aromatic rings. The highest BCUT2D eigenvalue weighted by atomic mass is 19.1. The number of hydrogen-bond acceptors (Lipinski definition) is 6. The molecule has 1 aliphatic rings. The lowest BCUT2D eigenvalue weighted by Gasteiger charge is -2.31. The van der Waals surface area contributed by atoms with E-state index in [2.05, 4.69) is 16.8 Å². The Morgan fingerprint density at radius 1 is 1.19 bits per heavy atom. The van der Waals surface area contributed by atoms with Crippen LogP contribution < -0.4 is 0 Å². The number of piperidine rings is 1. The zero-order valence-electron chi connectivity index (χ0n) is 20.7. The minimum Gasteiger partial charge on any atom is -0.466 e. The van der Waals surface area contributed by atoms with Gasteiger partial charge in [-0.25, -0.2) is 9.37 Å². The van der Waals surface area contributed by atoms with E-state index in [9.17, 15) is 14.0 Å². The summed E-state index contributed by atoms with van der Waals surface area (Å²) in [5.41, 5.74) is 2.15. The van der Waals surface area contributed by atoms with E-state index in [0.717, 1.165) is 17.5 Å². The van der Waals surface area contributed by atoms with E-state index in [1.807, 2.05) is 36.4 Å². The Morgan fingerprint density at radius 2 is 2.00 bits per heavy atom. The van der Waals surface area contributed by atoms with Gasteiger partial charge in [0.2, 0.25) is 5.89 Å². The van der Waals surface area contributed by atoms with Gasteiger partial charge in [0.15, 0.2) is 5.69 Å². The second-order valence-electron chi connectivity index (χ2n) is 9.09. The quantitative estimate of drug-likeness (QED) is 0.391. The molecule has 1 aliphatic heterocycles. The van der Waals surface area contributed by atoms with Gasteiger partial charge in [-0.3, -0.25) is 14.5 Å². The fourth-order valence-corrected chi connectivity index (χ4v) is 4.57. The SMILES string of the molecule is CCOC(=O)C1CCCN(C(=O)c2coc(CN(Cc3cccc(F)c3)C(C)c3ccccc3)n2)C1. The third kappa shape index (κ3) is 6.37. The maximum atomic E-state index is 13.8. The maximum absolute atomic E-state index is 13.8. The lowest BCUT2D eigenvalue weighted by atomic mass is 9.98. The van der Waals surface area contributed by atoms with Crippen molar-refractivity contribution < 1.29 is 23.1 Å². The van der Waals surface area contributed by atoms with Crippen LogP contribution in [-0.4, -0.2) is 46.4 Å². The predicted octanol–water partition coefficient (Wildman–Crippen LogP) is 4.99. The minimum atomic E-state index is -0.317. The number of oxazole rings is 1. The number of nitrogens with zero attached hydrogens (tertiary/aromatic N) is 3. The fourth-order valence-electron chi connectivity index (χ4n) is 4.57. The van der Waals surface area contributed by atoms with Crippen LogP contribution in [0.2, 0.25) is 0 Å². The van der Waals surface area contributed by atoms with Crippen molar-refractivity contribution in [1.82, 2.24) is 14.8 Å². The van der Waals surface area contributed by atoms with Gasteiger partial charge >= 0.3 is 5.97 Å². The molecule has 4 rings (SSSR count). The smallest absolute Gasteiger partial charge is 0.310 e. The van der Waals surface area contributed by atoms with E-state index in [4.69, 9.17) is 9.15 Å². The Kier molecular flexibility index (Phi) is 8.48. The average Bonchev–Trinajstić information content (AvgIpc) is 3.37. The van der Waals surface area contributed by atoms with Crippen molar-refractivity contribution in [3.05, 3.63) is 89.4 Å². The Balaban J connectivity index is 1.48. The van der Waals surface area contributed by atoms with E-state index >= 15 is 0 Å². The normalized spacial score (nSPS) is 16.7. The van der Waals surface area contributed by atoms with Crippen LogP contribution in [0, 0.1) is 11.7 Å². The molecular weight excluding hydrogens is 461 g/mol. The first kappa shape index (κ1) is 25.6. The average molecular weight is 494 g/mol. The summed E-state index contributed by atoms with van der Waals surface area (Å²) in [4.78, 5) is 33.5. The van der Waals surface area contributed by atoms with E-state index in [-0.39, 0.29) is 35.3 Å². The number of halogens is 1. The standard InChI is InChI=1S/C28H32FN3O4/c1-3-35-28(34)23-12-8-14-31(17-23)27(33)25-19-36-26(30-25)18-32(16-21-9-7-13-24(29)15-21)20(2)22-10-5-4-6-11-22/h4-7,9-11,13,15,19-20,23H,3,8,12,14,16-18H2,1-2H3. The number of carbonyl (C=O) groups excluding carboxylic acids is 2. The van der Waals surface area contributed by atoms with Crippen molar-refractivity contribution in [3.63, 3.8) is 0 Å². The molecule has 1 fully saturated rings. The molecule has 0 saturated carbocycles. The van der Waals surface area contributed by atoms with Gasteiger partial charge in [-0.1, -0.05) is 42.5 Å². The van der Waals surface area contributed by atoms with Gasteiger partial charge in [-0.05, 0) is 49.9 Å². The summed E-state index contributed by atoms with van der Waals surface area (Å²) in [5, 5.41) is 0. The number of amides is 1. The summed E-state index contributed by atoms with van der Waals surface area (Å²) in [7, 11) is 0. The highest BCUT2D eigenvalue weighted by Crippen LogP contribution is 2.25. The lowest BCUT2D eigenvalue weighted by Crippen LogP contribution is -2.43. The molecule has 0 bridgehead atoms. The highest BCUT2D eigenvalue weighted by Gasteiger charge is 2.31. The number of likely N-dealkylation sites (tertiary alicyclic amines) is 1. The largest absolute Gasteiger partial charge is 0.466 e. The van der Waals surface area contributed by atoms with Crippen molar-refractivity contribution in [1.29, 1.82) is 0 Å². The van der Waals surface area contributed by atoms with Crippen molar-refractivity contribution in [2.24, 2.45) is 5.92 Å². The van der Waals surface area contributed by atoms with Gasteiger partial charge in [-0.15, -0.1) is 0 Å². The first-order valence-electron chi connectivity index (χ1n) is 12.4. The van der Waals surface area contributed by atoms with Crippen LogP contribution in [0.4, 0.5) is 4.39 Å². The number of esters is 1. The molecule has 2 aromatic carbocycles. The third-order valence-electron chi connectivity index (χ3n) is 6.54. The minimum absolute atomic E-state index is 0.00653. The summed E-state index contributed by atoms with van der Waals surface area (Å²) >= 11 is 0. The maximum Gasteiger partial charge on any atom is 0.310 e. The third-order valence-corrected chi connectivity index (χ3v) is 6.54. The first-order valence-corrected chi connectivity index (χ1v) is 12.4. The number of hydrogen-bond donors (Lipinski definition) is 0. The highest BCUT2D eigenvalue weighted by molar-refractivity contribution is 5.92. The van der Waals surface area contributed by atoms with Crippen LogP contribution in [-0.2, 0) is 22.6 Å². The summed E-state index contributed by atoms with van der Waals surface area (Å²) in [6.07, 6.45) is 2.81. The van der Waals surface area contributed by atoms with Gasteiger partial charge in [-0.2, -0.15) is 0 Å². The van der Waals surface area contributed by atoms with Crippen molar-refractivity contribution in [3.8, 4) is 0 Å². The molecule has 2 unspecified atom stereocenters. The molecule has 2 heterocycles. The molecule has 0 N–H and O–H groups in total. The van der Waals surface area contributed by atoms with Gasteiger partial charge in [0.1, 0.15) is 12.1 Å². The number of benzene rings is 2. The predicted molar refractivity (Wildman–Crippen MR) is 132 cm³/mol. The van der Waals surface area contributed by atoms with Crippen LogP contribution in [0.15, 0.2) is 65.3 Å². The summed E-state index contributed by atoms with van der Waals surface area (Å²) in [6, 6.07) is 16.5. The van der Waals surface area contributed by atoms with Crippen LogP contribution >= 0.6 is 0 Å². The molecule has 0 aliphatic carbocycles. The molecule has 36 heavy (non-hydrogen) atoms. The van der Waals surface area contributed by atoms with E-state index in [1.165, 1.54) is 18.4 Å². The number of carbonyl (C=O) groups is 2. The molecule has 0 radical (unpaired) electrons. The second-order valence-corrected chi connectivity index (χ2v) is 9.09. The number of rotatable bonds is 9. The Labute approximate surface area is 210 Å². The molecule has 8 heteroatoms. The van der Waals surface area contributed by atoms with Gasteiger partial charge < -0.3 is 14.1 Å². The summed E-state index contributed by atoms with van der Waals surface area (Å²) < 4.78 is 24.7. The Morgan fingerprint density at radius 3 is 2.75 bits per heavy atom. The summed E-state index contributed by atoms with van der Waals surface area (Å²) in [5.74, 6) is -0.726. The van der Waals surface area contributed by atoms with E-state index < -0.39 is 0 Å². The molecule has 0 spiro atoms. The van der Waals surface area contributed by atoms with E-state index in [0.29, 0.717) is 45.1 Å². The molecule has 7 nitrogen and oxygen atoms in total. The zero-order valence-corrected chi connectivity index (χ0v) is 20.7.